The number of hydrogen-bond donors (Lipinski definition) is 3. The number of carbonyl (C=O) groups is 1. The van der Waals surface area contributed by atoms with Crippen molar-refractivity contribution in [2.75, 3.05) is 0 Å². The van der Waals surface area contributed by atoms with Crippen LogP contribution in [0.3, 0.4) is 0 Å². The van der Waals surface area contributed by atoms with E-state index < -0.39 is 5.91 Å². The number of fused-ring (bicyclic) bond motifs is 1. The summed E-state index contributed by atoms with van der Waals surface area (Å²) < 4.78 is 1.78. The molecule has 2 aromatic heterocycles. The minimum Gasteiger partial charge on any atom is -0.370 e. The highest BCUT2D eigenvalue weighted by molar-refractivity contribution is 6.03. The van der Waals surface area contributed by atoms with Crippen molar-refractivity contribution in [2.45, 2.75) is 25.7 Å². The maximum absolute atomic E-state index is 12.4. The number of amides is 1. The van der Waals surface area contributed by atoms with Crippen LogP contribution in [0.2, 0.25) is 0 Å². The molecule has 1 aromatic carbocycles. The number of aromatic amines is 1. The van der Waals surface area contributed by atoms with Crippen molar-refractivity contribution in [3.05, 3.63) is 57.6 Å². The van der Waals surface area contributed by atoms with Gasteiger partial charge in [0.05, 0.1) is 28.7 Å². The zero-order valence-electron chi connectivity index (χ0n) is 14.2. The molecule has 5 N–H and O–H groups in total. The van der Waals surface area contributed by atoms with E-state index in [-0.39, 0.29) is 17.4 Å². The number of aromatic nitrogens is 3. The van der Waals surface area contributed by atoms with E-state index in [2.05, 4.69) is 15.1 Å². The molecule has 1 aliphatic carbocycles. The highest BCUT2D eigenvalue weighted by Crippen LogP contribution is 2.43. The summed E-state index contributed by atoms with van der Waals surface area (Å²) in [5, 5.41) is 5.32. The molecule has 0 spiro atoms. The molecule has 1 amide bonds. The van der Waals surface area contributed by atoms with Gasteiger partial charge in [0.1, 0.15) is 0 Å². The third-order valence-corrected chi connectivity index (χ3v) is 4.52. The number of carbonyl (C=O) groups excluding carboxylic acids is 1. The Morgan fingerprint density at radius 2 is 2.04 bits per heavy atom. The van der Waals surface area contributed by atoms with Crippen molar-refractivity contribution in [1.82, 2.24) is 14.8 Å². The molecular formula is C18H18N6O2. The van der Waals surface area contributed by atoms with Crippen LogP contribution in [0.25, 0.3) is 16.6 Å². The molecule has 0 radical (unpaired) electrons. The molecule has 26 heavy (non-hydrogen) atoms. The molecule has 2 heterocycles. The van der Waals surface area contributed by atoms with Crippen LogP contribution in [0.4, 0.5) is 0 Å². The number of pyridine rings is 1. The second kappa shape index (κ2) is 5.83. The zero-order valence-corrected chi connectivity index (χ0v) is 14.2. The standard InChI is InChI=1S/C18H18N6O2/c1-9-2-6-13-11(5-7-14(25)22-13)15(9)24-16(10-3-4-10)12(8-21-24)17(26)23-18(19)20/h2,5-8,10H,3-4H2,1H3,(H,22,25)(H4,19,20,23,26). The second-order valence-electron chi connectivity index (χ2n) is 6.49. The predicted molar refractivity (Wildman–Crippen MR) is 98.5 cm³/mol. The van der Waals surface area contributed by atoms with Gasteiger partial charge in [0.15, 0.2) is 5.96 Å². The lowest BCUT2D eigenvalue weighted by Crippen LogP contribution is -2.24. The average Bonchev–Trinajstić information content (AvgIpc) is 3.33. The van der Waals surface area contributed by atoms with Gasteiger partial charge in [-0.05, 0) is 37.5 Å². The van der Waals surface area contributed by atoms with Crippen molar-refractivity contribution in [3.8, 4) is 5.69 Å². The van der Waals surface area contributed by atoms with Gasteiger partial charge in [-0.3, -0.25) is 9.59 Å². The smallest absolute Gasteiger partial charge is 0.283 e. The first-order valence-corrected chi connectivity index (χ1v) is 8.30. The summed E-state index contributed by atoms with van der Waals surface area (Å²) in [5.74, 6) is -0.532. The number of aliphatic imine (C=N–C) groups is 1. The number of guanidine groups is 1. The van der Waals surface area contributed by atoms with Crippen molar-refractivity contribution in [3.63, 3.8) is 0 Å². The van der Waals surface area contributed by atoms with Crippen LogP contribution >= 0.6 is 0 Å². The molecule has 1 fully saturated rings. The molecule has 132 valence electrons. The second-order valence-corrected chi connectivity index (χ2v) is 6.49. The monoisotopic (exact) mass is 350 g/mol. The van der Waals surface area contributed by atoms with Crippen LogP contribution in [0, 0.1) is 6.92 Å². The molecule has 3 aromatic rings. The van der Waals surface area contributed by atoms with Gasteiger partial charge in [-0.15, -0.1) is 0 Å². The summed E-state index contributed by atoms with van der Waals surface area (Å²) in [7, 11) is 0. The summed E-state index contributed by atoms with van der Waals surface area (Å²) in [6, 6.07) is 7.04. The molecule has 1 saturated carbocycles. The minimum atomic E-state index is -0.496. The number of nitrogens with zero attached hydrogens (tertiary/aromatic N) is 3. The summed E-state index contributed by atoms with van der Waals surface area (Å²) in [4.78, 5) is 30.5. The SMILES string of the molecule is Cc1ccc2[nH]c(=O)ccc2c1-n1ncc(C(=O)N=C(N)N)c1C1CC1. The largest absolute Gasteiger partial charge is 0.370 e. The van der Waals surface area contributed by atoms with Crippen molar-refractivity contribution < 1.29 is 4.79 Å². The van der Waals surface area contributed by atoms with Crippen LogP contribution in [0.1, 0.15) is 40.4 Å². The molecule has 1 aliphatic rings. The Morgan fingerprint density at radius 1 is 1.27 bits per heavy atom. The van der Waals surface area contributed by atoms with Crippen LogP contribution in [0.5, 0.6) is 0 Å². The molecule has 0 atom stereocenters. The van der Waals surface area contributed by atoms with Gasteiger partial charge < -0.3 is 16.5 Å². The first-order chi connectivity index (χ1) is 12.5. The number of hydrogen-bond acceptors (Lipinski definition) is 3. The number of nitrogens with two attached hydrogens (primary N) is 2. The van der Waals surface area contributed by atoms with Gasteiger partial charge in [-0.25, -0.2) is 4.68 Å². The van der Waals surface area contributed by atoms with Gasteiger partial charge in [0.2, 0.25) is 5.56 Å². The van der Waals surface area contributed by atoms with E-state index >= 15 is 0 Å². The van der Waals surface area contributed by atoms with Gasteiger partial charge in [0, 0.05) is 17.4 Å². The molecule has 8 heteroatoms. The lowest BCUT2D eigenvalue weighted by molar-refractivity contribution is 0.100. The molecule has 0 bridgehead atoms. The summed E-state index contributed by atoms with van der Waals surface area (Å²) in [6.45, 7) is 1.97. The Balaban J connectivity index is 1.98. The molecule has 0 saturated heterocycles. The molecule has 0 aliphatic heterocycles. The van der Waals surface area contributed by atoms with E-state index in [1.165, 1.54) is 12.3 Å². The van der Waals surface area contributed by atoms with Gasteiger partial charge >= 0.3 is 0 Å². The lowest BCUT2D eigenvalue weighted by Gasteiger charge is -2.14. The minimum absolute atomic E-state index is 0.168. The highest BCUT2D eigenvalue weighted by Gasteiger charge is 2.33. The Hall–Kier alpha value is -3.42. The topological polar surface area (TPSA) is 132 Å². The van der Waals surface area contributed by atoms with E-state index in [0.29, 0.717) is 11.1 Å². The van der Waals surface area contributed by atoms with E-state index in [0.717, 1.165) is 35.2 Å². The summed E-state index contributed by atoms with van der Waals surface area (Å²) >= 11 is 0. The summed E-state index contributed by atoms with van der Waals surface area (Å²) in [5.41, 5.74) is 14.3. The zero-order chi connectivity index (χ0) is 18.4. The maximum Gasteiger partial charge on any atom is 0.283 e. The fourth-order valence-corrected chi connectivity index (χ4v) is 3.24. The lowest BCUT2D eigenvalue weighted by atomic mass is 10.1. The van der Waals surface area contributed by atoms with Gasteiger partial charge in [-0.2, -0.15) is 10.1 Å². The summed E-state index contributed by atoms with van der Waals surface area (Å²) in [6.07, 6.45) is 3.47. The van der Waals surface area contributed by atoms with Crippen molar-refractivity contribution in [2.24, 2.45) is 16.5 Å². The van der Waals surface area contributed by atoms with Crippen LogP contribution in [0.15, 0.2) is 40.2 Å². The molecule has 0 unspecified atom stereocenters. The van der Waals surface area contributed by atoms with E-state index in [1.807, 2.05) is 19.1 Å². The average molecular weight is 350 g/mol. The third kappa shape index (κ3) is 2.65. The van der Waals surface area contributed by atoms with Crippen LogP contribution < -0.4 is 17.0 Å². The number of H-pyrrole nitrogens is 1. The Kier molecular flexibility index (Phi) is 3.61. The van der Waals surface area contributed by atoms with Crippen LogP contribution in [-0.2, 0) is 0 Å². The van der Waals surface area contributed by atoms with Crippen molar-refractivity contribution >= 4 is 22.8 Å². The number of aryl methyl sites for hydroxylation is 1. The third-order valence-electron chi connectivity index (χ3n) is 4.52. The number of nitrogens with one attached hydrogen (secondary N) is 1. The van der Waals surface area contributed by atoms with E-state index in [4.69, 9.17) is 11.5 Å². The maximum atomic E-state index is 12.4. The highest BCUT2D eigenvalue weighted by atomic mass is 16.1. The van der Waals surface area contributed by atoms with Gasteiger partial charge in [0.25, 0.3) is 5.91 Å². The Labute approximate surface area is 148 Å². The van der Waals surface area contributed by atoms with E-state index in [1.54, 1.807) is 10.7 Å². The van der Waals surface area contributed by atoms with Crippen LogP contribution in [-0.4, -0.2) is 26.6 Å². The van der Waals surface area contributed by atoms with Crippen molar-refractivity contribution in [1.29, 1.82) is 0 Å². The first kappa shape index (κ1) is 16.1. The Bertz CT molecular complexity index is 1120. The van der Waals surface area contributed by atoms with Gasteiger partial charge in [-0.1, -0.05) is 6.07 Å². The normalized spacial score (nSPS) is 13.7. The number of rotatable bonds is 3. The quantitative estimate of drug-likeness (QED) is 0.484. The fraction of sp³-hybridized carbons (Fsp3) is 0.222. The Morgan fingerprint density at radius 3 is 2.73 bits per heavy atom. The number of benzene rings is 1. The fourth-order valence-electron chi connectivity index (χ4n) is 3.24. The predicted octanol–water partition coefficient (Wildman–Crippen LogP) is 1.31. The van der Waals surface area contributed by atoms with E-state index in [9.17, 15) is 9.59 Å². The molecule has 4 rings (SSSR count). The first-order valence-electron chi connectivity index (χ1n) is 8.30. The molecule has 8 nitrogen and oxygen atoms in total. The molecular weight excluding hydrogens is 332 g/mol.